The highest BCUT2D eigenvalue weighted by Crippen LogP contribution is 2.22. The molecule has 1 aromatic carbocycles. The van der Waals surface area contributed by atoms with Gasteiger partial charge >= 0.3 is 0 Å². The Labute approximate surface area is 166 Å². The van der Waals surface area contributed by atoms with Crippen LogP contribution in [0.15, 0.2) is 30.6 Å². The molecular formula is C21H24F5NO2. The lowest BCUT2D eigenvalue weighted by atomic mass is 10.1. The summed E-state index contributed by atoms with van der Waals surface area (Å²) in [6.07, 6.45) is 14.0. The van der Waals surface area contributed by atoms with Gasteiger partial charge < -0.3 is 9.90 Å². The number of hydrogen-bond acceptors (Lipinski definition) is 2. The Bertz CT molecular complexity index is 755. The molecule has 2 aromatic rings. The van der Waals surface area contributed by atoms with Crippen LogP contribution in [0.4, 0.5) is 22.0 Å². The predicted octanol–water partition coefficient (Wildman–Crippen LogP) is 4.47. The van der Waals surface area contributed by atoms with Crippen molar-refractivity contribution >= 4 is 5.97 Å². The van der Waals surface area contributed by atoms with Crippen LogP contribution in [-0.4, -0.2) is 5.97 Å². The highest BCUT2D eigenvalue weighted by atomic mass is 19.2. The van der Waals surface area contributed by atoms with E-state index in [0.717, 1.165) is 0 Å². The average Bonchev–Trinajstić information content (AvgIpc) is 2.71. The third kappa shape index (κ3) is 7.79. The van der Waals surface area contributed by atoms with Crippen LogP contribution in [0.5, 0.6) is 0 Å². The lowest BCUT2D eigenvalue weighted by Gasteiger charge is -2.07. The lowest BCUT2D eigenvalue weighted by Crippen LogP contribution is -2.32. The van der Waals surface area contributed by atoms with E-state index in [0.29, 0.717) is 0 Å². The molecule has 160 valence electrons. The average molecular weight is 417 g/mol. The molecule has 0 spiro atoms. The molecule has 0 unspecified atom stereocenters. The molecule has 0 saturated carbocycles. The van der Waals surface area contributed by atoms with Gasteiger partial charge in [-0.1, -0.05) is 45.1 Å². The summed E-state index contributed by atoms with van der Waals surface area (Å²) >= 11 is 0. The summed E-state index contributed by atoms with van der Waals surface area (Å²) in [5.74, 6) is -14.4. The standard InChI is InChI=1S/C14H24N.C7HF5O2/c1-2-3-4-5-6-7-9-12-15-13-10-8-11-14-15;8-2-1(7(13)14)3(9)5(11)6(12)4(2)10/h8,10-11,13-14H,2-7,9,12H2,1H3;(H,13,14)/q+1;/p-1. The number of nitrogens with zero attached hydrogens (tertiary/aromatic N) is 1. The van der Waals surface area contributed by atoms with Crippen LogP contribution in [0.3, 0.4) is 0 Å². The van der Waals surface area contributed by atoms with E-state index in [-0.39, 0.29) is 0 Å². The number of rotatable bonds is 9. The summed E-state index contributed by atoms with van der Waals surface area (Å²) in [7, 11) is 0. The van der Waals surface area contributed by atoms with Crippen molar-refractivity contribution in [1.29, 1.82) is 0 Å². The molecular weight excluding hydrogens is 393 g/mol. The van der Waals surface area contributed by atoms with Gasteiger partial charge in [-0.25, -0.2) is 26.5 Å². The van der Waals surface area contributed by atoms with E-state index in [2.05, 4.69) is 42.1 Å². The zero-order valence-electron chi connectivity index (χ0n) is 16.2. The van der Waals surface area contributed by atoms with E-state index in [1.807, 2.05) is 0 Å². The van der Waals surface area contributed by atoms with E-state index < -0.39 is 40.6 Å². The van der Waals surface area contributed by atoms with Crippen molar-refractivity contribution in [3.05, 3.63) is 65.2 Å². The molecule has 0 saturated heterocycles. The molecule has 0 fully saturated rings. The van der Waals surface area contributed by atoms with Gasteiger partial charge in [-0.2, -0.15) is 0 Å². The van der Waals surface area contributed by atoms with Crippen molar-refractivity contribution in [3.8, 4) is 0 Å². The minimum absolute atomic E-state index is 1.18. The smallest absolute Gasteiger partial charge is 0.200 e. The van der Waals surface area contributed by atoms with Crippen molar-refractivity contribution in [2.75, 3.05) is 0 Å². The maximum atomic E-state index is 12.5. The molecule has 3 nitrogen and oxygen atoms in total. The van der Waals surface area contributed by atoms with Crippen LogP contribution >= 0.6 is 0 Å². The lowest BCUT2D eigenvalue weighted by molar-refractivity contribution is -0.697. The number of carboxylic acids is 1. The number of pyridine rings is 1. The Kier molecular flexibility index (Phi) is 10.9. The minimum atomic E-state index is -2.47. The molecule has 1 heterocycles. The van der Waals surface area contributed by atoms with Crippen LogP contribution in [0.2, 0.25) is 0 Å². The fourth-order valence-corrected chi connectivity index (χ4v) is 2.62. The first-order valence-electron chi connectivity index (χ1n) is 9.48. The van der Waals surface area contributed by atoms with Crippen molar-refractivity contribution in [2.24, 2.45) is 0 Å². The van der Waals surface area contributed by atoms with Gasteiger partial charge in [-0.3, -0.25) is 0 Å². The third-order valence-electron chi connectivity index (χ3n) is 4.21. The molecule has 0 aliphatic heterocycles. The Hall–Kier alpha value is -2.51. The molecule has 0 N–H and O–H groups in total. The quantitative estimate of drug-likeness (QED) is 0.199. The number of hydrogen-bond donors (Lipinski definition) is 0. The zero-order chi connectivity index (χ0) is 21.8. The van der Waals surface area contributed by atoms with Gasteiger partial charge in [-0.05, 0) is 6.42 Å². The largest absolute Gasteiger partial charge is 0.545 e. The summed E-state index contributed by atoms with van der Waals surface area (Å²) in [4.78, 5) is 10.0. The highest BCUT2D eigenvalue weighted by Gasteiger charge is 2.25. The van der Waals surface area contributed by atoms with Crippen LogP contribution in [0.25, 0.3) is 0 Å². The maximum Gasteiger partial charge on any atom is 0.200 e. The Morgan fingerprint density at radius 2 is 1.21 bits per heavy atom. The molecule has 0 radical (unpaired) electrons. The van der Waals surface area contributed by atoms with Crippen molar-refractivity contribution in [2.45, 2.75) is 58.4 Å². The molecule has 2 rings (SSSR count). The van der Waals surface area contributed by atoms with Crippen LogP contribution < -0.4 is 9.67 Å². The third-order valence-corrected chi connectivity index (χ3v) is 4.21. The molecule has 0 atom stereocenters. The number of halogens is 5. The molecule has 8 heteroatoms. The number of carboxylic acid groups (broad SMARTS) is 1. The number of aryl methyl sites for hydroxylation is 1. The highest BCUT2D eigenvalue weighted by molar-refractivity contribution is 5.86. The Balaban J connectivity index is 0.000000291. The predicted molar refractivity (Wildman–Crippen MR) is 95.2 cm³/mol. The van der Waals surface area contributed by atoms with Crippen LogP contribution in [0.1, 0.15) is 62.2 Å². The van der Waals surface area contributed by atoms with Gasteiger partial charge in [0, 0.05) is 18.6 Å². The van der Waals surface area contributed by atoms with Gasteiger partial charge in [0.25, 0.3) is 0 Å². The second kappa shape index (κ2) is 12.9. The van der Waals surface area contributed by atoms with Crippen molar-refractivity contribution < 1.29 is 36.4 Å². The summed E-state index contributed by atoms with van der Waals surface area (Å²) in [6.45, 7) is 3.45. The summed E-state index contributed by atoms with van der Waals surface area (Å²) in [5.41, 5.74) is -1.97. The molecule has 0 aliphatic rings. The van der Waals surface area contributed by atoms with Crippen LogP contribution in [0, 0.1) is 29.1 Å². The Morgan fingerprint density at radius 1 is 0.759 bits per heavy atom. The number of carbonyl (C=O) groups is 1. The van der Waals surface area contributed by atoms with Crippen molar-refractivity contribution in [3.63, 3.8) is 0 Å². The second-order valence-corrected chi connectivity index (χ2v) is 6.47. The molecule has 1 aromatic heterocycles. The van der Waals surface area contributed by atoms with E-state index in [1.165, 1.54) is 51.5 Å². The van der Waals surface area contributed by atoms with Gasteiger partial charge in [0.05, 0.1) is 11.5 Å². The van der Waals surface area contributed by atoms with E-state index >= 15 is 0 Å². The Morgan fingerprint density at radius 3 is 1.69 bits per heavy atom. The van der Waals surface area contributed by atoms with Gasteiger partial charge in [0.1, 0.15) is 6.54 Å². The number of aromatic nitrogens is 1. The van der Waals surface area contributed by atoms with E-state index in [9.17, 15) is 31.9 Å². The monoisotopic (exact) mass is 417 g/mol. The molecule has 29 heavy (non-hydrogen) atoms. The summed E-state index contributed by atoms with van der Waals surface area (Å²) in [5, 5.41) is 10.0. The summed E-state index contributed by atoms with van der Waals surface area (Å²) < 4.78 is 64.2. The van der Waals surface area contributed by atoms with Crippen LogP contribution in [-0.2, 0) is 6.54 Å². The van der Waals surface area contributed by atoms with E-state index in [1.54, 1.807) is 0 Å². The topological polar surface area (TPSA) is 44.0 Å². The number of unbranched alkanes of at least 4 members (excludes halogenated alkanes) is 6. The number of benzene rings is 1. The van der Waals surface area contributed by atoms with Gasteiger partial charge in [-0.15, -0.1) is 0 Å². The molecule has 0 aliphatic carbocycles. The summed E-state index contributed by atoms with van der Waals surface area (Å²) in [6, 6.07) is 6.27. The first-order chi connectivity index (χ1) is 13.8. The minimum Gasteiger partial charge on any atom is -0.545 e. The SMILES string of the molecule is CCCCCCCCC[n+]1ccccc1.O=C([O-])c1c(F)c(F)c(F)c(F)c1F. The first-order valence-corrected chi connectivity index (χ1v) is 9.48. The molecule has 0 amide bonds. The fourth-order valence-electron chi connectivity index (χ4n) is 2.62. The van der Waals surface area contributed by atoms with Gasteiger partial charge in [0.15, 0.2) is 35.7 Å². The van der Waals surface area contributed by atoms with Gasteiger partial charge in [0.2, 0.25) is 5.82 Å². The number of carbonyl (C=O) groups excluding carboxylic acids is 1. The fraction of sp³-hybridized carbons (Fsp3) is 0.429. The maximum absolute atomic E-state index is 12.5. The zero-order valence-corrected chi connectivity index (χ0v) is 16.2. The second-order valence-electron chi connectivity index (χ2n) is 6.47. The first kappa shape index (κ1) is 24.5. The normalized spacial score (nSPS) is 10.4. The van der Waals surface area contributed by atoms with Crippen molar-refractivity contribution in [1.82, 2.24) is 0 Å². The number of aromatic carboxylic acids is 1. The van der Waals surface area contributed by atoms with E-state index in [4.69, 9.17) is 0 Å². The molecule has 0 bridgehead atoms.